The second-order valence-electron chi connectivity index (χ2n) is 7.74. The molecule has 9 nitrogen and oxygen atoms in total. The number of aryl methyl sites for hydroxylation is 1. The molecule has 2 aromatic heterocycles. The number of nitriles is 1. The molecular weight excluding hydrogens is 434 g/mol. The number of aromatic nitrogens is 4. The molecule has 0 unspecified atom stereocenters. The lowest BCUT2D eigenvalue weighted by molar-refractivity contribution is 0.0495. The van der Waals surface area contributed by atoms with Gasteiger partial charge in [0, 0.05) is 11.9 Å². The molecule has 34 heavy (non-hydrogen) atoms. The summed E-state index contributed by atoms with van der Waals surface area (Å²) in [5.74, 6) is -1.09. The van der Waals surface area contributed by atoms with Crippen LogP contribution in [0.2, 0.25) is 0 Å². The first-order valence-corrected chi connectivity index (χ1v) is 11.0. The number of imidazole rings is 1. The molecule has 4 rings (SSSR count). The highest BCUT2D eigenvalue weighted by Gasteiger charge is 2.20. The molecule has 0 atom stereocenters. The summed E-state index contributed by atoms with van der Waals surface area (Å²) >= 11 is 0. The first kappa shape index (κ1) is 22.7. The zero-order valence-electron chi connectivity index (χ0n) is 18.6. The van der Waals surface area contributed by atoms with E-state index in [2.05, 4.69) is 22.0 Å². The Balaban J connectivity index is 1.61. The van der Waals surface area contributed by atoms with Gasteiger partial charge in [-0.3, -0.25) is 4.79 Å². The maximum absolute atomic E-state index is 12.9. The van der Waals surface area contributed by atoms with Crippen molar-refractivity contribution in [2.45, 2.75) is 32.7 Å². The number of nitrogens with zero attached hydrogens (tertiary/aromatic N) is 4. The van der Waals surface area contributed by atoms with Crippen molar-refractivity contribution in [3.05, 3.63) is 76.2 Å². The lowest BCUT2D eigenvalue weighted by atomic mass is 10.1. The fourth-order valence-corrected chi connectivity index (χ4v) is 3.65. The molecule has 0 fully saturated rings. The number of ether oxygens (including phenoxy) is 1. The quantitative estimate of drug-likeness (QED) is 0.176. The van der Waals surface area contributed by atoms with E-state index in [1.54, 1.807) is 36.4 Å². The summed E-state index contributed by atoms with van der Waals surface area (Å²) in [7, 11) is 0. The fraction of sp³-hybridized carbons (Fsp3) is 0.240. The van der Waals surface area contributed by atoms with Gasteiger partial charge in [-0.2, -0.15) is 10.4 Å². The van der Waals surface area contributed by atoms with Gasteiger partial charge in [-0.15, -0.1) is 0 Å². The standard InChI is InChI=1S/C25H23N5O4/c1-2-3-8-13-30-24(32)17-10-5-4-9-16(17)22(29-30)25(33)34-15-21(31)18(14-26)23-27-19-11-6-7-12-20(19)28-23/h4-7,9-12,31H,2-3,8,13,15H2,1H3,(H,27,28). The van der Waals surface area contributed by atoms with E-state index < -0.39 is 18.3 Å². The number of fused-ring (bicyclic) bond motifs is 2. The number of aliphatic hydroxyl groups is 1. The number of H-pyrrole nitrogens is 1. The van der Waals surface area contributed by atoms with Gasteiger partial charge in [0.05, 0.1) is 16.4 Å². The van der Waals surface area contributed by atoms with E-state index >= 15 is 0 Å². The lowest BCUT2D eigenvalue weighted by Gasteiger charge is -2.11. The molecule has 0 saturated heterocycles. The van der Waals surface area contributed by atoms with Crippen molar-refractivity contribution in [2.75, 3.05) is 6.61 Å². The van der Waals surface area contributed by atoms with Crippen molar-refractivity contribution in [2.24, 2.45) is 0 Å². The van der Waals surface area contributed by atoms with Gasteiger partial charge in [-0.1, -0.05) is 50.1 Å². The van der Waals surface area contributed by atoms with Gasteiger partial charge in [0.2, 0.25) is 0 Å². The highest BCUT2D eigenvalue weighted by molar-refractivity contribution is 6.02. The number of hydrogen-bond acceptors (Lipinski definition) is 7. The van der Waals surface area contributed by atoms with Gasteiger partial charge in [-0.25, -0.2) is 14.5 Å². The molecular formula is C25H23N5O4. The third kappa shape index (κ3) is 4.52. The Morgan fingerprint density at radius 1 is 1.15 bits per heavy atom. The van der Waals surface area contributed by atoms with Crippen molar-refractivity contribution in [1.29, 1.82) is 5.26 Å². The zero-order valence-corrected chi connectivity index (χ0v) is 18.6. The number of benzene rings is 2. The van der Waals surface area contributed by atoms with E-state index in [9.17, 15) is 20.0 Å². The highest BCUT2D eigenvalue weighted by Crippen LogP contribution is 2.20. The predicted octanol–water partition coefficient (Wildman–Crippen LogP) is 4.11. The lowest BCUT2D eigenvalue weighted by Crippen LogP contribution is -2.27. The summed E-state index contributed by atoms with van der Waals surface area (Å²) < 4.78 is 6.56. The van der Waals surface area contributed by atoms with Gasteiger partial charge < -0.3 is 14.8 Å². The topological polar surface area (TPSA) is 134 Å². The summed E-state index contributed by atoms with van der Waals surface area (Å²) in [6.45, 7) is 1.89. The first-order chi connectivity index (χ1) is 16.5. The van der Waals surface area contributed by atoms with Gasteiger partial charge in [0.1, 0.15) is 18.2 Å². The van der Waals surface area contributed by atoms with Crippen LogP contribution in [0.5, 0.6) is 0 Å². The fourth-order valence-electron chi connectivity index (χ4n) is 3.65. The normalized spacial score (nSPS) is 11.9. The minimum Gasteiger partial charge on any atom is -0.507 e. The Hall–Kier alpha value is -4.45. The number of carbonyl (C=O) groups is 1. The largest absolute Gasteiger partial charge is 0.507 e. The van der Waals surface area contributed by atoms with Crippen molar-refractivity contribution < 1.29 is 14.6 Å². The molecule has 0 bridgehead atoms. The molecule has 2 heterocycles. The van der Waals surface area contributed by atoms with Crippen molar-refractivity contribution >= 4 is 33.3 Å². The number of aliphatic hydroxyl groups excluding tert-OH is 1. The highest BCUT2D eigenvalue weighted by atomic mass is 16.5. The van der Waals surface area contributed by atoms with E-state index in [1.165, 1.54) is 4.68 Å². The number of aromatic amines is 1. The average Bonchev–Trinajstić information content (AvgIpc) is 3.28. The monoisotopic (exact) mass is 457 g/mol. The molecule has 2 aromatic carbocycles. The minimum atomic E-state index is -0.811. The summed E-state index contributed by atoms with van der Waals surface area (Å²) in [4.78, 5) is 32.9. The maximum atomic E-state index is 12.9. The van der Waals surface area contributed by atoms with Gasteiger partial charge in [0.15, 0.2) is 17.3 Å². The minimum absolute atomic E-state index is 0.0262. The molecule has 0 aliphatic rings. The number of allylic oxidation sites excluding steroid dienone is 1. The summed E-state index contributed by atoms with van der Waals surface area (Å²) in [5.41, 5.74) is 0.905. The molecule has 172 valence electrons. The summed E-state index contributed by atoms with van der Waals surface area (Å²) in [5, 5.41) is 25.0. The Morgan fingerprint density at radius 3 is 2.62 bits per heavy atom. The van der Waals surface area contributed by atoms with E-state index in [0.717, 1.165) is 19.3 Å². The number of rotatable bonds is 8. The van der Waals surface area contributed by atoms with Crippen LogP contribution in [0.4, 0.5) is 0 Å². The van der Waals surface area contributed by atoms with Gasteiger partial charge in [0.25, 0.3) is 5.56 Å². The molecule has 2 N–H and O–H groups in total. The number of para-hydroxylation sites is 2. The Morgan fingerprint density at radius 2 is 1.88 bits per heavy atom. The maximum Gasteiger partial charge on any atom is 0.359 e. The smallest absolute Gasteiger partial charge is 0.359 e. The van der Waals surface area contributed by atoms with E-state index in [4.69, 9.17) is 4.74 Å². The molecule has 0 aliphatic heterocycles. The summed E-state index contributed by atoms with van der Waals surface area (Å²) in [6, 6.07) is 15.8. The van der Waals surface area contributed by atoms with Crippen LogP contribution < -0.4 is 5.56 Å². The van der Waals surface area contributed by atoms with Gasteiger partial charge >= 0.3 is 5.97 Å². The predicted molar refractivity (Wildman–Crippen MR) is 127 cm³/mol. The van der Waals surface area contributed by atoms with Crippen LogP contribution in [-0.2, 0) is 11.3 Å². The average molecular weight is 457 g/mol. The van der Waals surface area contributed by atoms with Crippen LogP contribution in [-0.4, -0.2) is 37.4 Å². The third-order valence-electron chi connectivity index (χ3n) is 5.40. The van der Waals surface area contributed by atoms with E-state index in [1.807, 2.05) is 18.2 Å². The van der Waals surface area contributed by atoms with Crippen LogP contribution in [0.15, 0.2) is 59.1 Å². The second-order valence-corrected chi connectivity index (χ2v) is 7.74. The molecule has 0 aliphatic carbocycles. The number of esters is 1. The number of nitrogens with one attached hydrogen (secondary N) is 1. The van der Waals surface area contributed by atoms with Crippen LogP contribution >= 0.6 is 0 Å². The SMILES string of the molecule is CCCCCn1nc(C(=O)OCC(O)=C(C#N)c2nc3ccccc3[nH]2)c2ccccc2c1=O. The van der Waals surface area contributed by atoms with Crippen molar-refractivity contribution in [3.63, 3.8) is 0 Å². The van der Waals surface area contributed by atoms with Crippen LogP contribution in [0.1, 0.15) is 42.5 Å². The second kappa shape index (κ2) is 10.0. The number of carbonyl (C=O) groups excluding carboxylic acids is 1. The Bertz CT molecular complexity index is 1460. The third-order valence-corrected chi connectivity index (χ3v) is 5.40. The molecule has 0 radical (unpaired) electrons. The van der Waals surface area contributed by atoms with E-state index in [0.29, 0.717) is 28.4 Å². The van der Waals surface area contributed by atoms with Crippen LogP contribution in [0, 0.1) is 11.3 Å². The van der Waals surface area contributed by atoms with Crippen LogP contribution in [0.3, 0.4) is 0 Å². The Kier molecular flexibility index (Phi) is 6.69. The molecule has 4 aromatic rings. The number of hydrogen-bond donors (Lipinski definition) is 2. The molecule has 0 amide bonds. The molecule has 0 spiro atoms. The van der Waals surface area contributed by atoms with Crippen molar-refractivity contribution in [3.8, 4) is 6.07 Å². The van der Waals surface area contributed by atoms with Crippen molar-refractivity contribution in [1.82, 2.24) is 19.7 Å². The van der Waals surface area contributed by atoms with E-state index in [-0.39, 0.29) is 22.7 Å². The summed E-state index contributed by atoms with van der Waals surface area (Å²) in [6.07, 6.45) is 2.66. The Labute approximate surface area is 194 Å². The zero-order chi connectivity index (χ0) is 24.1. The molecule has 9 heteroatoms. The van der Waals surface area contributed by atoms with Gasteiger partial charge in [-0.05, 0) is 24.6 Å². The molecule has 0 saturated carbocycles. The van der Waals surface area contributed by atoms with Crippen LogP contribution in [0.25, 0.3) is 27.4 Å². The number of unbranched alkanes of at least 4 members (excludes halogenated alkanes) is 2. The first-order valence-electron chi connectivity index (χ1n) is 11.0.